The summed E-state index contributed by atoms with van der Waals surface area (Å²) in [5, 5.41) is 4.06. The number of halogens is 1. The molecule has 0 amide bonds. The summed E-state index contributed by atoms with van der Waals surface area (Å²) in [5.41, 5.74) is 5.69. The normalized spacial score (nSPS) is 10.9. The van der Waals surface area contributed by atoms with Crippen LogP contribution in [0.3, 0.4) is 0 Å². The number of rotatable bonds is 15. The van der Waals surface area contributed by atoms with Gasteiger partial charge in [0.05, 0.1) is 27.5 Å². The summed E-state index contributed by atoms with van der Waals surface area (Å²) in [4.78, 5) is 11.9. The van der Waals surface area contributed by atoms with E-state index < -0.39 is 7.26 Å². The molecule has 282 valence electrons. The zero-order valence-corrected chi connectivity index (χ0v) is 34.2. The maximum Gasteiger partial charge on any atom is 0.169 e. The highest BCUT2D eigenvalue weighted by Crippen LogP contribution is 2.58. The molecule has 0 aliphatic heterocycles. The highest BCUT2D eigenvalue weighted by atomic mass is 79.9. The van der Waals surface area contributed by atoms with Crippen LogP contribution in [-0.2, 0) is 19.0 Å². The van der Waals surface area contributed by atoms with Crippen molar-refractivity contribution in [2.45, 2.75) is 19.0 Å². The topological polar surface area (TPSA) is 54.0 Å². The van der Waals surface area contributed by atoms with Crippen LogP contribution in [0.5, 0.6) is 28.7 Å². The molecule has 0 saturated heterocycles. The van der Waals surface area contributed by atoms with Crippen molar-refractivity contribution >= 4 is 29.5 Å². The molecule has 0 aliphatic rings. The first kappa shape index (κ1) is 40.0. The lowest BCUT2D eigenvalue weighted by atomic mass is 9.96. The third-order valence-corrected chi connectivity index (χ3v) is 14.4. The Bertz CT molecular complexity index is 2250. The number of aryl methyl sites for hydroxylation is 2. The molecule has 0 unspecified atom stereocenters. The second-order valence-corrected chi connectivity index (χ2v) is 16.8. The molecule has 0 radical (unpaired) electrons. The van der Waals surface area contributed by atoms with Gasteiger partial charge in [0, 0.05) is 11.1 Å². The van der Waals surface area contributed by atoms with E-state index in [0.717, 1.165) is 53.3 Å². The van der Waals surface area contributed by atoms with Crippen molar-refractivity contribution < 1.29 is 40.7 Å². The lowest BCUT2D eigenvalue weighted by Crippen LogP contribution is -3.00. The lowest BCUT2D eigenvalue weighted by Gasteiger charge is -2.28. The molecule has 5 nitrogen and oxygen atoms in total. The van der Waals surface area contributed by atoms with E-state index in [2.05, 4.69) is 133 Å². The van der Waals surface area contributed by atoms with Gasteiger partial charge in [-0.1, -0.05) is 84.9 Å². The molecular formula is C49H44BrO5P. The first-order valence-electron chi connectivity index (χ1n) is 18.3. The largest absolute Gasteiger partial charge is 1.00 e. The molecule has 0 atom stereocenters. The van der Waals surface area contributed by atoms with Crippen LogP contribution in [0.1, 0.15) is 27.0 Å². The standard InChI is InChI=1S/C49H44O5P.BrH/c1-51-41-27-29-45(39(33-41)34-50)46-28-23-36(31-48(46)53-3)19-20-37-24-30-47(52-2)49(32-37)54-40-25-21-38(22-26-40)35-55(42-13-7-4-8-14-42,43-15-9-5-10-16-43)44-17-11-6-12-18-44;/h4-18,21-34H,19-20,35H2,1-3H3;1H/q+1;/p-1. The fraction of sp³-hybridized carbons (Fsp3) is 0.122. The van der Waals surface area contributed by atoms with Crippen molar-refractivity contribution in [3.63, 3.8) is 0 Å². The summed E-state index contributed by atoms with van der Waals surface area (Å²) >= 11 is 0. The van der Waals surface area contributed by atoms with Crippen LogP contribution in [0.4, 0.5) is 0 Å². The van der Waals surface area contributed by atoms with E-state index in [-0.39, 0.29) is 17.0 Å². The van der Waals surface area contributed by atoms with Crippen molar-refractivity contribution in [3.8, 4) is 39.9 Å². The van der Waals surface area contributed by atoms with Gasteiger partial charge in [0.2, 0.25) is 0 Å². The van der Waals surface area contributed by atoms with E-state index >= 15 is 0 Å². The number of ether oxygens (including phenoxy) is 4. The monoisotopic (exact) mass is 822 g/mol. The summed E-state index contributed by atoms with van der Waals surface area (Å²) < 4.78 is 23.3. The van der Waals surface area contributed by atoms with Gasteiger partial charge in [0.25, 0.3) is 0 Å². The van der Waals surface area contributed by atoms with E-state index in [1.54, 1.807) is 27.4 Å². The SMILES string of the molecule is COc1ccc(-c2ccc(CCc3ccc(OC)c(Oc4ccc(C[P+](c5ccccc5)(c5ccccc5)c5ccccc5)cc4)c3)cc2OC)c(C=O)c1.[Br-]. The number of methoxy groups -OCH3 is 3. The van der Waals surface area contributed by atoms with Gasteiger partial charge in [-0.15, -0.1) is 0 Å². The van der Waals surface area contributed by atoms with Crippen LogP contribution < -0.4 is 51.8 Å². The molecule has 7 rings (SSSR count). The van der Waals surface area contributed by atoms with E-state index in [1.807, 2.05) is 30.3 Å². The Morgan fingerprint density at radius 2 is 0.946 bits per heavy atom. The van der Waals surface area contributed by atoms with Crippen molar-refractivity contribution in [2.24, 2.45) is 0 Å². The summed E-state index contributed by atoms with van der Waals surface area (Å²) in [7, 11) is 2.88. The van der Waals surface area contributed by atoms with Crippen LogP contribution in [-0.4, -0.2) is 27.6 Å². The molecule has 0 N–H and O–H groups in total. The number of carbonyl (C=O) groups is 1. The van der Waals surface area contributed by atoms with Crippen LogP contribution in [0.25, 0.3) is 11.1 Å². The maximum atomic E-state index is 11.9. The van der Waals surface area contributed by atoms with Crippen LogP contribution in [0.15, 0.2) is 170 Å². The first-order chi connectivity index (χ1) is 27.0. The zero-order chi connectivity index (χ0) is 38.0. The Kier molecular flexibility index (Phi) is 13.4. The summed E-state index contributed by atoms with van der Waals surface area (Å²) in [6.07, 6.45) is 3.30. The first-order valence-corrected chi connectivity index (χ1v) is 20.3. The van der Waals surface area contributed by atoms with Gasteiger partial charge in [-0.05, 0) is 120 Å². The number of aldehydes is 1. The predicted octanol–water partition coefficient (Wildman–Crippen LogP) is 7.27. The Morgan fingerprint density at radius 1 is 0.464 bits per heavy atom. The molecule has 0 heterocycles. The Balaban J connectivity index is 0.00000532. The smallest absolute Gasteiger partial charge is 0.169 e. The third-order valence-electron chi connectivity index (χ3n) is 10.0. The molecule has 56 heavy (non-hydrogen) atoms. The predicted molar refractivity (Wildman–Crippen MR) is 226 cm³/mol. The van der Waals surface area contributed by atoms with Gasteiger partial charge in [-0.3, -0.25) is 4.79 Å². The minimum Gasteiger partial charge on any atom is -1.00 e. The molecule has 0 saturated carbocycles. The highest BCUT2D eigenvalue weighted by molar-refractivity contribution is 7.95. The quantitative estimate of drug-likeness (QED) is 0.0806. The summed E-state index contributed by atoms with van der Waals surface area (Å²) in [5.74, 6) is 3.43. The Labute approximate surface area is 341 Å². The molecule has 7 aromatic carbocycles. The molecular weight excluding hydrogens is 779 g/mol. The molecule has 0 bridgehead atoms. The molecule has 0 spiro atoms. The van der Waals surface area contributed by atoms with Crippen molar-refractivity contribution in [3.05, 3.63) is 192 Å². The lowest BCUT2D eigenvalue weighted by molar-refractivity contribution is -0.0000183. The van der Waals surface area contributed by atoms with Crippen molar-refractivity contribution in [1.29, 1.82) is 0 Å². The van der Waals surface area contributed by atoms with Gasteiger partial charge < -0.3 is 35.9 Å². The minimum atomic E-state index is -2.03. The second-order valence-electron chi connectivity index (χ2n) is 13.3. The van der Waals surface area contributed by atoms with Crippen molar-refractivity contribution in [1.82, 2.24) is 0 Å². The van der Waals surface area contributed by atoms with Gasteiger partial charge in [-0.25, -0.2) is 0 Å². The average molecular weight is 824 g/mol. The zero-order valence-electron chi connectivity index (χ0n) is 31.7. The number of benzene rings is 7. The van der Waals surface area contributed by atoms with Crippen LogP contribution in [0.2, 0.25) is 0 Å². The maximum absolute atomic E-state index is 11.9. The molecule has 7 heteroatoms. The number of hydrogen-bond acceptors (Lipinski definition) is 5. The average Bonchev–Trinajstić information content (AvgIpc) is 3.26. The Hall–Kier alpha value is -5.68. The molecule has 0 aromatic heterocycles. The van der Waals surface area contributed by atoms with Gasteiger partial charge >= 0.3 is 0 Å². The number of carbonyl (C=O) groups excluding carboxylic acids is 1. The number of hydrogen-bond donors (Lipinski definition) is 0. The van der Waals surface area contributed by atoms with E-state index in [1.165, 1.54) is 21.5 Å². The Morgan fingerprint density at radius 3 is 1.46 bits per heavy atom. The molecule has 0 aliphatic carbocycles. The molecule has 7 aromatic rings. The fourth-order valence-corrected chi connectivity index (χ4v) is 11.4. The molecule has 0 fully saturated rings. The summed E-state index contributed by atoms with van der Waals surface area (Å²) in [6, 6.07) is 59.1. The van der Waals surface area contributed by atoms with Crippen LogP contribution >= 0.6 is 7.26 Å². The summed E-state index contributed by atoms with van der Waals surface area (Å²) in [6.45, 7) is 0. The van der Waals surface area contributed by atoms with Crippen LogP contribution in [0, 0.1) is 0 Å². The highest BCUT2D eigenvalue weighted by Gasteiger charge is 2.45. The van der Waals surface area contributed by atoms with E-state index in [0.29, 0.717) is 28.6 Å². The third kappa shape index (κ3) is 8.73. The van der Waals surface area contributed by atoms with E-state index in [9.17, 15) is 4.79 Å². The second kappa shape index (κ2) is 18.8. The van der Waals surface area contributed by atoms with Gasteiger partial charge in [0.15, 0.2) is 17.8 Å². The fourth-order valence-electron chi connectivity index (χ4n) is 7.20. The van der Waals surface area contributed by atoms with Gasteiger partial charge in [-0.2, -0.15) is 0 Å². The van der Waals surface area contributed by atoms with Crippen molar-refractivity contribution in [2.75, 3.05) is 21.3 Å². The minimum absolute atomic E-state index is 0. The van der Waals surface area contributed by atoms with Gasteiger partial charge in [0.1, 0.15) is 40.4 Å². The van der Waals surface area contributed by atoms with E-state index in [4.69, 9.17) is 18.9 Å².